The van der Waals surface area contributed by atoms with Crippen LogP contribution in [0.2, 0.25) is 0 Å². The second-order valence-corrected chi connectivity index (χ2v) is 7.58. The predicted molar refractivity (Wildman–Crippen MR) is 118 cm³/mol. The molecule has 1 aliphatic rings. The highest BCUT2D eigenvalue weighted by Gasteiger charge is 2.36. The Morgan fingerprint density at radius 2 is 1.94 bits per heavy atom. The van der Waals surface area contributed by atoms with Crippen molar-refractivity contribution in [1.29, 1.82) is 0 Å². The fourth-order valence-electron chi connectivity index (χ4n) is 3.88. The molecule has 2 aromatic carbocycles. The van der Waals surface area contributed by atoms with E-state index in [0.29, 0.717) is 13.2 Å². The number of amides is 2. The van der Waals surface area contributed by atoms with Gasteiger partial charge in [0.05, 0.1) is 12.5 Å². The zero-order valence-electron chi connectivity index (χ0n) is 17.7. The van der Waals surface area contributed by atoms with Gasteiger partial charge in [-0.2, -0.15) is 0 Å². The molecule has 0 bridgehead atoms. The molecule has 1 aromatic heterocycles. The fourth-order valence-corrected chi connectivity index (χ4v) is 3.88. The van der Waals surface area contributed by atoms with E-state index in [-0.39, 0.29) is 24.3 Å². The maximum atomic E-state index is 13.2. The second-order valence-electron chi connectivity index (χ2n) is 7.58. The van der Waals surface area contributed by atoms with Gasteiger partial charge < -0.3 is 19.5 Å². The number of aryl methyl sites for hydroxylation is 1. The van der Waals surface area contributed by atoms with Crippen LogP contribution in [0.15, 0.2) is 67.0 Å². The molecule has 2 heterocycles. The zero-order chi connectivity index (χ0) is 21.8. The fraction of sp³-hybridized carbons (Fsp3) is 0.292. The minimum Gasteiger partial charge on any atom is -0.494 e. The van der Waals surface area contributed by atoms with Gasteiger partial charge >= 0.3 is 0 Å². The molecule has 0 aliphatic carbocycles. The van der Waals surface area contributed by atoms with Gasteiger partial charge in [0.1, 0.15) is 17.6 Å². The maximum absolute atomic E-state index is 13.2. The molecular formula is C24H26N4O3. The first kappa shape index (κ1) is 20.7. The molecule has 1 N–H and O–H groups in total. The number of benzene rings is 2. The van der Waals surface area contributed by atoms with E-state index in [1.807, 2.05) is 79.3 Å². The number of aromatic nitrogens is 2. The standard InChI is InChI=1S/C24H26N4O3/c1-3-31-20-11-9-19(10-12-20)28-16-18(15-21(28)29)24(30)26-22(17-7-5-4-6-8-17)23-25-13-14-27(23)2/h4-14,18,22H,3,15-16H2,1-2H3,(H,26,30)/t18-,22+/m0/s1. The summed E-state index contributed by atoms with van der Waals surface area (Å²) in [5.41, 5.74) is 1.71. The maximum Gasteiger partial charge on any atom is 0.227 e. The Morgan fingerprint density at radius 1 is 1.19 bits per heavy atom. The quantitative estimate of drug-likeness (QED) is 0.640. The van der Waals surface area contributed by atoms with Gasteiger partial charge in [0, 0.05) is 38.1 Å². The Morgan fingerprint density at radius 3 is 2.58 bits per heavy atom. The first-order valence-electron chi connectivity index (χ1n) is 10.4. The number of hydrogen-bond acceptors (Lipinski definition) is 4. The lowest BCUT2D eigenvalue weighted by Crippen LogP contribution is -2.37. The van der Waals surface area contributed by atoms with Crippen LogP contribution in [0.5, 0.6) is 5.75 Å². The number of nitrogens with one attached hydrogen (secondary N) is 1. The van der Waals surface area contributed by atoms with Crippen LogP contribution in [-0.4, -0.2) is 34.5 Å². The molecule has 7 nitrogen and oxygen atoms in total. The van der Waals surface area contributed by atoms with Gasteiger partial charge in [0.2, 0.25) is 11.8 Å². The SMILES string of the molecule is CCOc1ccc(N2C[C@@H](C(=O)N[C@H](c3ccccc3)c3nccn3C)CC2=O)cc1. The number of carbonyl (C=O) groups excluding carboxylic acids is 2. The second kappa shape index (κ2) is 9.04. The van der Waals surface area contributed by atoms with Crippen molar-refractivity contribution in [2.75, 3.05) is 18.1 Å². The highest BCUT2D eigenvalue weighted by atomic mass is 16.5. The highest BCUT2D eigenvalue weighted by Crippen LogP contribution is 2.28. The summed E-state index contributed by atoms with van der Waals surface area (Å²) in [5.74, 6) is 0.863. The van der Waals surface area contributed by atoms with E-state index in [2.05, 4.69) is 10.3 Å². The summed E-state index contributed by atoms with van der Waals surface area (Å²) >= 11 is 0. The molecule has 1 fully saturated rings. The van der Waals surface area contributed by atoms with E-state index >= 15 is 0 Å². The van der Waals surface area contributed by atoms with Crippen molar-refractivity contribution in [2.24, 2.45) is 13.0 Å². The summed E-state index contributed by atoms with van der Waals surface area (Å²) in [4.78, 5) is 31.9. The summed E-state index contributed by atoms with van der Waals surface area (Å²) in [6, 6.07) is 16.7. The van der Waals surface area contributed by atoms with Crippen LogP contribution >= 0.6 is 0 Å². The van der Waals surface area contributed by atoms with Crippen molar-refractivity contribution in [1.82, 2.24) is 14.9 Å². The van der Waals surface area contributed by atoms with E-state index in [4.69, 9.17) is 4.74 Å². The number of nitrogens with zero attached hydrogens (tertiary/aromatic N) is 3. The molecule has 0 radical (unpaired) electrons. The third kappa shape index (κ3) is 4.45. The van der Waals surface area contributed by atoms with Gasteiger partial charge in [-0.15, -0.1) is 0 Å². The minimum absolute atomic E-state index is 0.0578. The van der Waals surface area contributed by atoms with Gasteiger partial charge in [0.15, 0.2) is 0 Å². The van der Waals surface area contributed by atoms with Gasteiger partial charge in [-0.1, -0.05) is 30.3 Å². The molecule has 0 unspecified atom stereocenters. The molecular weight excluding hydrogens is 392 g/mol. The molecule has 2 amide bonds. The number of hydrogen-bond donors (Lipinski definition) is 1. The van der Waals surface area contributed by atoms with Crippen molar-refractivity contribution in [2.45, 2.75) is 19.4 Å². The normalized spacial score (nSPS) is 16.9. The first-order valence-corrected chi connectivity index (χ1v) is 10.4. The molecule has 3 aromatic rings. The third-order valence-electron chi connectivity index (χ3n) is 5.49. The van der Waals surface area contributed by atoms with E-state index in [1.165, 1.54) is 0 Å². The Kier molecular flexibility index (Phi) is 6.02. The summed E-state index contributed by atoms with van der Waals surface area (Å²) in [7, 11) is 1.90. The van der Waals surface area contributed by atoms with E-state index in [1.54, 1.807) is 11.1 Å². The van der Waals surface area contributed by atoms with Gasteiger partial charge in [0.25, 0.3) is 0 Å². The Hall–Kier alpha value is -3.61. The summed E-state index contributed by atoms with van der Waals surface area (Å²) in [6.45, 7) is 2.86. The monoisotopic (exact) mass is 418 g/mol. The number of ether oxygens (including phenoxy) is 1. The lowest BCUT2D eigenvalue weighted by Gasteiger charge is -2.21. The molecule has 160 valence electrons. The van der Waals surface area contributed by atoms with Gasteiger partial charge in [-0.05, 0) is 36.8 Å². The van der Waals surface area contributed by atoms with Crippen LogP contribution in [0.3, 0.4) is 0 Å². The average Bonchev–Trinajstić information content (AvgIpc) is 3.39. The van der Waals surface area contributed by atoms with Crippen LogP contribution < -0.4 is 15.0 Å². The third-order valence-corrected chi connectivity index (χ3v) is 5.49. The molecule has 1 aliphatic heterocycles. The summed E-state index contributed by atoms with van der Waals surface area (Å²) < 4.78 is 7.36. The van der Waals surface area contributed by atoms with Crippen molar-refractivity contribution >= 4 is 17.5 Å². The first-order chi connectivity index (χ1) is 15.1. The van der Waals surface area contributed by atoms with Crippen LogP contribution in [0.4, 0.5) is 5.69 Å². The van der Waals surface area contributed by atoms with Crippen LogP contribution in [0.1, 0.15) is 30.8 Å². The van der Waals surface area contributed by atoms with Gasteiger partial charge in [-0.3, -0.25) is 9.59 Å². The summed E-state index contributed by atoms with van der Waals surface area (Å²) in [5, 5.41) is 3.12. The number of imidazole rings is 1. The molecule has 0 spiro atoms. The average molecular weight is 418 g/mol. The molecule has 0 saturated carbocycles. The van der Waals surface area contributed by atoms with Crippen LogP contribution in [0.25, 0.3) is 0 Å². The van der Waals surface area contributed by atoms with Gasteiger partial charge in [-0.25, -0.2) is 4.98 Å². The zero-order valence-corrected chi connectivity index (χ0v) is 17.7. The Labute approximate surface area is 181 Å². The predicted octanol–water partition coefficient (Wildman–Crippen LogP) is 3.08. The molecule has 1 saturated heterocycles. The van der Waals surface area contributed by atoms with Crippen LogP contribution in [-0.2, 0) is 16.6 Å². The van der Waals surface area contributed by atoms with E-state index in [9.17, 15) is 9.59 Å². The van der Waals surface area contributed by atoms with Crippen molar-refractivity contribution in [3.63, 3.8) is 0 Å². The van der Waals surface area contributed by atoms with E-state index < -0.39 is 5.92 Å². The van der Waals surface area contributed by atoms with Crippen molar-refractivity contribution in [3.8, 4) is 5.75 Å². The topological polar surface area (TPSA) is 76.5 Å². The van der Waals surface area contributed by atoms with E-state index in [0.717, 1.165) is 22.8 Å². The minimum atomic E-state index is -0.425. The summed E-state index contributed by atoms with van der Waals surface area (Å²) in [6.07, 6.45) is 3.75. The number of rotatable bonds is 7. The Balaban J connectivity index is 1.50. The number of carbonyl (C=O) groups is 2. The Bertz CT molecular complexity index is 1050. The smallest absolute Gasteiger partial charge is 0.227 e. The highest BCUT2D eigenvalue weighted by molar-refractivity contribution is 6.00. The van der Waals surface area contributed by atoms with Crippen LogP contribution in [0, 0.1) is 5.92 Å². The van der Waals surface area contributed by atoms with Crippen molar-refractivity contribution < 1.29 is 14.3 Å². The molecule has 31 heavy (non-hydrogen) atoms. The molecule has 2 atom stereocenters. The lowest BCUT2D eigenvalue weighted by molar-refractivity contribution is -0.126. The lowest BCUT2D eigenvalue weighted by atomic mass is 10.0. The molecule has 7 heteroatoms. The van der Waals surface area contributed by atoms with Crippen molar-refractivity contribution in [3.05, 3.63) is 78.4 Å². The number of anilines is 1. The largest absolute Gasteiger partial charge is 0.494 e. The molecule has 4 rings (SSSR count).